The van der Waals surface area contributed by atoms with Crippen LogP contribution in [0.3, 0.4) is 0 Å². The quantitative estimate of drug-likeness (QED) is 0.333. The summed E-state index contributed by atoms with van der Waals surface area (Å²) < 4.78 is 76.7. The van der Waals surface area contributed by atoms with Crippen LogP contribution in [0, 0.1) is 6.92 Å². The van der Waals surface area contributed by atoms with Crippen molar-refractivity contribution in [2.24, 2.45) is 4.99 Å². The van der Waals surface area contributed by atoms with Gasteiger partial charge in [0.25, 0.3) is 0 Å². The van der Waals surface area contributed by atoms with Gasteiger partial charge in [-0.3, -0.25) is 4.99 Å². The van der Waals surface area contributed by atoms with E-state index in [2.05, 4.69) is 4.99 Å². The molecule has 34 heavy (non-hydrogen) atoms. The average Bonchev–Trinajstić information content (AvgIpc) is 3.13. The number of aryl methyl sites for hydroxylation is 1. The molecule has 1 N–H and O–H groups in total. The minimum absolute atomic E-state index is 0.0353. The summed E-state index contributed by atoms with van der Waals surface area (Å²) in [5, 5.41) is 5.12. The first-order valence-electron chi connectivity index (χ1n) is 9.85. The molecule has 0 fully saturated rings. The molecule has 2 aromatic rings. The van der Waals surface area contributed by atoms with E-state index >= 15 is 0 Å². The van der Waals surface area contributed by atoms with E-state index < -0.39 is 23.0 Å². The number of benzene rings is 2. The maximum absolute atomic E-state index is 13.6. The van der Waals surface area contributed by atoms with Gasteiger partial charge >= 0.3 is 17.4 Å². The first kappa shape index (κ1) is 26.1. The van der Waals surface area contributed by atoms with Gasteiger partial charge in [-0.1, -0.05) is 23.9 Å². The zero-order valence-electron chi connectivity index (χ0n) is 18.2. The number of aliphatic carboxylic acids is 1. The molecule has 1 heterocycles. The second kappa shape index (κ2) is 10.0. The Morgan fingerprint density at radius 3 is 2.35 bits per heavy atom. The van der Waals surface area contributed by atoms with Gasteiger partial charge in [-0.25, -0.2) is 4.79 Å². The van der Waals surface area contributed by atoms with Gasteiger partial charge in [0.1, 0.15) is 6.61 Å². The van der Waals surface area contributed by atoms with Crippen molar-refractivity contribution in [2.45, 2.75) is 41.5 Å². The largest absolute Gasteiger partial charge is 0.493 e. The van der Waals surface area contributed by atoms with Gasteiger partial charge in [-0.05, 0) is 55.4 Å². The second-order valence-corrected chi connectivity index (χ2v) is 9.79. The van der Waals surface area contributed by atoms with E-state index in [0.29, 0.717) is 21.9 Å². The van der Waals surface area contributed by atoms with E-state index in [1.54, 1.807) is 6.92 Å². The molecule has 2 unspecified atom stereocenters. The fourth-order valence-corrected chi connectivity index (χ4v) is 4.97. The number of carboxylic acid groups (broad SMARTS) is 1. The number of carbonyl (C=O) groups is 1. The van der Waals surface area contributed by atoms with Crippen LogP contribution in [0.2, 0.25) is 0 Å². The standard InChI is InChI=1S/C22H20F5NO4S2/c1-11-8-16(15(31-3)9-17(11)34-22(26,27)20(29)30)32-10-18-12(2)28-19(33-18)13-4-6-14(7-5-13)21(23,24)25/h4-9,12,18H,10H2,1-3H3,(H,29,30). The number of nitrogens with zero attached hydrogens (tertiary/aromatic N) is 1. The van der Waals surface area contributed by atoms with Gasteiger partial charge < -0.3 is 14.6 Å². The lowest BCUT2D eigenvalue weighted by Gasteiger charge is -2.19. The predicted molar refractivity (Wildman–Crippen MR) is 120 cm³/mol. The molecule has 1 aliphatic rings. The molecular weight excluding hydrogens is 501 g/mol. The summed E-state index contributed by atoms with van der Waals surface area (Å²) in [4.78, 5) is 15.3. The van der Waals surface area contributed by atoms with Crippen molar-refractivity contribution in [2.75, 3.05) is 13.7 Å². The van der Waals surface area contributed by atoms with Crippen molar-refractivity contribution >= 4 is 34.5 Å². The zero-order valence-corrected chi connectivity index (χ0v) is 19.8. The highest BCUT2D eigenvalue weighted by Crippen LogP contribution is 2.42. The van der Waals surface area contributed by atoms with Crippen molar-refractivity contribution < 1.29 is 41.3 Å². The Bertz CT molecular complexity index is 1090. The molecule has 0 aliphatic carbocycles. The number of rotatable bonds is 8. The highest BCUT2D eigenvalue weighted by molar-refractivity contribution is 8.15. The molecule has 0 bridgehead atoms. The number of halogens is 5. The number of carboxylic acids is 1. The molecule has 0 aromatic heterocycles. The molecule has 0 saturated heterocycles. The Kier molecular flexibility index (Phi) is 7.71. The van der Waals surface area contributed by atoms with Gasteiger partial charge in [0.2, 0.25) is 0 Å². The van der Waals surface area contributed by atoms with E-state index in [1.165, 1.54) is 43.1 Å². The molecule has 0 spiro atoms. The van der Waals surface area contributed by atoms with Crippen molar-refractivity contribution in [1.29, 1.82) is 0 Å². The fraction of sp³-hybridized carbons (Fsp3) is 0.364. The van der Waals surface area contributed by atoms with Crippen molar-refractivity contribution in [3.63, 3.8) is 0 Å². The Labute approximate surface area is 200 Å². The monoisotopic (exact) mass is 521 g/mol. The molecule has 0 amide bonds. The minimum atomic E-state index is -4.42. The normalized spacial score (nSPS) is 18.5. The molecule has 12 heteroatoms. The van der Waals surface area contributed by atoms with Crippen LogP contribution in [0.15, 0.2) is 46.3 Å². The number of alkyl halides is 5. The molecule has 0 saturated carbocycles. The Morgan fingerprint density at radius 2 is 1.79 bits per heavy atom. The lowest BCUT2D eigenvalue weighted by Crippen LogP contribution is -2.23. The van der Waals surface area contributed by atoms with Gasteiger partial charge in [-0.15, -0.1) is 0 Å². The van der Waals surface area contributed by atoms with Crippen molar-refractivity contribution in [1.82, 2.24) is 0 Å². The summed E-state index contributed by atoms with van der Waals surface area (Å²) in [5.41, 5.74) is 0.218. The SMILES string of the molecule is COc1cc(SC(F)(F)C(=O)O)c(C)cc1OCC1SC(c2ccc(C(F)(F)F)cc2)=NC1C. The van der Waals surface area contributed by atoms with Gasteiger partial charge in [0.05, 0.1) is 29.0 Å². The Morgan fingerprint density at radius 1 is 1.15 bits per heavy atom. The first-order valence-corrected chi connectivity index (χ1v) is 11.5. The van der Waals surface area contributed by atoms with Crippen LogP contribution in [-0.4, -0.2) is 46.4 Å². The third-order valence-electron chi connectivity index (χ3n) is 4.93. The number of thioether (sulfide) groups is 2. The van der Waals surface area contributed by atoms with Crippen LogP contribution in [0.25, 0.3) is 0 Å². The maximum atomic E-state index is 13.6. The van der Waals surface area contributed by atoms with Crippen LogP contribution in [-0.2, 0) is 11.0 Å². The van der Waals surface area contributed by atoms with E-state index in [1.807, 2.05) is 6.92 Å². The summed E-state index contributed by atoms with van der Waals surface area (Å²) in [6, 6.07) is 7.36. The molecule has 184 valence electrons. The minimum Gasteiger partial charge on any atom is -0.493 e. The summed E-state index contributed by atoms with van der Waals surface area (Å²) in [5.74, 6) is -1.79. The third kappa shape index (κ3) is 5.96. The van der Waals surface area contributed by atoms with Gasteiger partial charge in [-0.2, -0.15) is 22.0 Å². The number of hydrogen-bond donors (Lipinski definition) is 1. The summed E-state index contributed by atoms with van der Waals surface area (Å²) in [6.07, 6.45) is -4.42. The average molecular weight is 522 g/mol. The van der Waals surface area contributed by atoms with Crippen LogP contribution in [0.4, 0.5) is 22.0 Å². The van der Waals surface area contributed by atoms with Crippen LogP contribution in [0.1, 0.15) is 23.6 Å². The lowest BCUT2D eigenvalue weighted by molar-refractivity contribution is -0.152. The number of hydrogen-bond acceptors (Lipinski definition) is 6. The summed E-state index contributed by atoms with van der Waals surface area (Å²) >= 11 is 1.27. The summed E-state index contributed by atoms with van der Waals surface area (Å²) in [6.45, 7) is 3.58. The molecule has 5 nitrogen and oxygen atoms in total. The first-order chi connectivity index (χ1) is 15.8. The highest BCUT2D eigenvalue weighted by Gasteiger charge is 2.41. The van der Waals surface area contributed by atoms with Crippen molar-refractivity contribution in [3.05, 3.63) is 53.1 Å². The maximum Gasteiger partial charge on any atom is 0.416 e. The van der Waals surface area contributed by atoms with Crippen molar-refractivity contribution in [3.8, 4) is 11.5 Å². The van der Waals surface area contributed by atoms with E-state index in [4.69, 9.17) is 14.6 Å². The Balaban J connectivity index is 1.68. The van der Waals surface area contributed by atoms with E-state index in [9.17, 15) is 26.7 Å². The van der Waals surface area contributed by atoms with Gasteiger partial charge in [0.15, 0.2) is 11.5 Å². The molecule has 2 aromatic carbocycles. The fourth-order valence-electron chi connectivity index (χ4n) is 3.04. The second-order valence-electron chi connectivity index (χ2n) is 7.41. The molecule has 1 aliphatic heterocycles. The number of aliphatic imine (C=N–C) groups is 1. The van der Waals surface area contributed by atoms with Gasteiger partial charge in [0, 0.05) is 10.5 Å². The molecular formula is C22H20F5NO4S2. The number of ether oxygens (including phenoxy) is 2. The van der Waals surface area contributed by atoms with Crippen LogP contribution in [0.5, 0.6) is 11.5 Å². The third-order valence-corrected chi connectivity index (χ3v) is 7.42. The van der Waals surface area contributed by atoms with Crippen LogP contribution >= 0.6 is 23.5 Å². The Hall–Kier alpha value is -2.47. The highest BCUT2D eigenvalue weighted by atomic mass is 32.2. The topological polar surface area (TPSA) is 68.1 Å². The van der Waals surface area contributed by atoms with Crippen LogP contribution < -0.4 is 9.47 Å². The van der Waals surface area contributed by atoms with E-state index in [-0.39, 0.29) is 40.3 Å². The predicted octanol–water partition coefficient (Wildman–Crippen LogP) is 6.12. The summed E-state index contributed by atoms with van der Waals surface area (Å²) in [7, 11) is 1.33. The smallest absolute Gasteiger partial charge is 0.416 e. The molecule has 3 rings (SSSR count). The molecule has 2 atom stereocenters. The van der Waals surface area contributed by atoms with E-state index in [0.717, 1.165) is 12.1 Å². The zero-order chi connectivity index (χ0) is 25.3. The number of methoxy groups -OCH3 is 1. The molecule has 0 radical (unpaired) electrons. The lowest BCUT2D eigenvalue weighted by atomic mass is 10.1.